The van der Waals surface area contributed by atoms with E-state index >= 15 is 0 Å². The zero-order valence-electron chi connectivity index (χ0n) is 13.2. The van der Waals surface area contributed by atoms with Crippen LogP contribution < -0.4 is 4.74 Å². The largest absolute Gasteiger partial charge is 0.491 e. The quantitative estimate of drug-likeness (QED) is 0.789. The second kappa shape index (κ2) is 7.66. The fourth-order valence-corrected chi connectivity index (χ4v) is 2.01. The van der Waals surface area contributed by atoms with Crippen molar-refractivity contribution in [2.75, 3.05) is 27.3 Å². The first-order valence-electron chi connectivity index (χ1n) is 7.13. The summed E-state index contributed by atoms with van der Waals surface area (Å²) in [4.78, 5) is 13.8. The smallest absolute Gasteiger partial charge is 0.289 e. The van der Waals surface area contributed by atoms with E-state index in [0.29, 0.717) is 31.3 Å². The Morgan fingerprint density at radius 3 is 2.73 bits per heavy atom. The molecular weight excluding hydrogens is 282 g/mol. The average Bonchev–Trinajstić information content (AvgIpc) is 2.97. The Hall–Kier alpha value is -2.27. The number of ether oxygens (including phenoxy) is 2. The third-order valence-corrected chi connectivity index (χ3v) is 3.28. The Kier molecular flexibility index (Phi) is 5.61. The van der Waals surface area contributed by atoms with Crippen molar-refractivity contribution in [3.05, 3.63) is 53.5 Å². The monoisotopic (exact) mass is 303 g/mol. The second-order valence-corrected chi connectivity index (χ2v) is 5.04. The van der Waals surface area contributed by atoms with Gasteiger partial charge >= 0.3 is 0 Å². The predicted molar refractivity (Wildman–Crippen MR) is 83.1 cm³/mol. The molecule has 0 aliphatic carbocycles. The van der Waals surface area contributed by atoms with Gasteiger partial charge in [0.15, 0.2) is 5.76 Å². The number of rotatable bonds is 7. The Morgan fingerprint density at radius 1 is 1.23 bits per heavy atom. The molecule has 0 fully saturated rings. The Bertz CT molecular complexity index is 621. The van der Waals surface area contributed by atoms with Gasteiger partial charge in [-0.2, -0.15) is 0 Å². The first kappa shape index (κ1) is 16.1. The van der Waals surface area contributed by atoms with Crippen molar-refractivity contribution >= 4 is 5.91 Å². The minimum absolute atomic E-state index is 0.171. The van der Waals surface area contributed by atoms with Gasteiger partial charge in [-0.3, -0.25) is 4.79 Å². The van der Waals surface area contributed by atoms with Gasteiger partial charge in [0.2, 0.25) is 0 Å². The molecule has 0 spiro atoms. The van der Waals surface area contributed by atoms with E-state index < -0.39 is 0 Å². The maximum absolute atomic E-state index is 12.2. The molecule has 0 saturated heterocycles. The van der Waals surface area contributed by atoms with Gasteiger partial charge in [0.05, 0.1) is 6.54 Å². The van der Waals surface area contributed by atoms with Crippen molar-refractivity contribution in [2.24, 2.45) is 0 Å². The molecule has 2 aromatic rings. The lowest BCUT2D eigenvalue weighted by Gasteiger charge is -2.16. The fraction of sp³-hybridized carbons (Fsp3) is 0.353. The number of carbonyl (C=O) groups is 1. The minimum Gasteiger partial charge on any atom is -0.491 e. The first-order valence-corrected chi connectivity index (χ1v) is 7.13. The van der Waals surface area contributed by atoms with Crippen LogP contribution in [0.2, 0.25) is 0 Å². The highest BCUT2D eigenvalue weighted by atomic mass is 16.5. The molecule has 1 aromatic carbocycles. The van der Waals surface area contributed by atoms with E-state index in [1.165, 1.54) is 0 Å². The lowest BCUT2D eigenvalue weighted by atomic mass is 10.2. The van der Waals surface area contributed by atoms with E-state index in [1.807, 2.05) is 31.2 Å². The van der Waals surface area contributed by atoms with Gasteiger partial charge in [-0.1, -0.05) is 18.2 Å². The van der Waals surface area contributed by atoms with Gasteiger partial charge in [0, 0.05) is 14.2 Å². The van der Waals surface area contributed by atoms with Crippen LogP contribution in [0.3, 0.4) is 0 Å². The van der Waals surface area contributed by atoms with Gasteiger partial charge in [0.1, 0.15) is 24.7 Å². The number of methoxy groups -OCH3 is 1. The predicted octanol–water partition coefficient (Wildman–Crippen LogP) is 2.89. The molecule has 0 unspecified atom stereocenters. The number of furan rings is 1. The van der Waals surface area contributed by atoms with Crippen molar-refractivity contribution in [1.29, 1.82) is 0 Å². The van der Waals surface area contributed by atoms with Crippen LogP contribution in [-0.2, 0) is 11.3 Å². The fourth-order valence-electron chi connectivity index (χ4n) is 2.01. The summed E-state index contributed by atoms with van der Waals surface area (Å²) in [5.74, 6) is 1.61. The minimum atomic E-state index is -0.171. The number of para-hydroxylation sites is 1. The van der Waals surface area contributed by atoms with Gasteiger partial charge in [-0.15, -0.1) is 0 Å². The Labute approximate surface area is 130 Å². The summed E-state index contributed by atoms with van der Waals surface area (Å²) < 4.78 is 16.1. The van der Waals surface area contributed by atoms with E-state index in [1.54, 1.807) is 31.2 Å². The maximum atomic E-state index is 12.2. The molecule has 1 amide bonds. The second-order valence-electron chi connectivity index (χ2n) is 5.04. The van der Waals surface area contributed by atoms with Crippen molar-refractivity contribution in [3.63, 3.8) is 0 Å². The van der Waals surface area contributed by atoms with Crippen LogP contribution in [0.15, 0.2) is 40.8 Å². The molecule has 1 aromatic heterocycles. The van der Waals surface area contributed by atoms with Crippen LogP contribution in [0.5, 0.6) is 5.75 Å². The van der Waals surface area contributed by atoms with E-state index in [0.717, 1.165) is 11.3 Å². The molecule has 0 saturated carbocycles. The summed E-state index contributed by atoms with van der Waals surface area (Å²) in [5, 5.41) is 0. The number of amides is 1. The van der Waals surface area contributed by atoms with Crippen LogP contribution in [0.4, 0.5) is 0 Å². The van der Waals surface area contributed by atoms with E-state index in [4.69, 9.17) is 13.9 Å². The maximum Gasteiger partial charge on any atom is 0.289 e. The molecule has 5 heteroatoms. The number of likely N-dealkylation sites (N-methyl/N-ethyl adjacent to an activating group) is 1. The molecule has 0 aliphatic heterocycles. The lowest BCUT2D eigenvalue weighted by molar-refractivity contribution is 0.0734. The summed E-state index contributed by atoms with van der Waals surface area (Å²) in [5.41, 5.74) is 1.08. The molecule has 1 heterocycles. The standard InChI is InChI=1S/C17H21NO4/c1-13-6-4-5-7-15(13)21-11-10-18(2)17(19)16-9-8-14(22-16)12-20-3/h4-9H,10-12H2,1-3H3. The average molecular weight is 303 g/mol. The van der Waals surface area contributed by atoms with Gasteiger partial charge in [-0.05, 0) is 30.7 Å². The highest BCUT2D eigenvalue weighted by Gasteiger charge is 2.16. The third-order valence-electron chi connectivity index (χ3n) is 3.28. The van der Waals surface area contributed by atoms with Gasteiger partial charge in [0.25, 0.3) is 5.91 Å². The Balaban J connectivity index is 1.84. The molecule has 0 atom stereocenters. The summed E-state index contributed by atoms with van der Waals surface area (Å²) in [6.07, 6.45) is 0. The normalized spacial score (nSPS) is 10.5. The summed E-state index contributed by atoms with van der Waals surface area (Å²) in [7, 11) is 3.31. The topological polar surface area (TPSA) is 51.9 Å². The van der Waals surface area contributed by atoms with E-state index in [9.17, 15) is 4.79 Å². The van der Waals surface area contributed by atoms with Crippen LogP contribution in [-0.4, -0.2) is 38.1 Å². The first-order chi connectivity index (χ1) is 10.6. The van der Waals surface area contributed by atoms with E-state index in [2.05, 4.69) is 0 Å². The number of carbonyl (C=O) groups excluding carboxylic acids is 1. The van der Waals surface area contributed by atoms with Crippen molar-refractivity contribution in [3.8, 4) is 5.75 Å². The SMILES string of the molecule is COCc1ccc(C(=O)N(C)CCOc2ccccc2C)o1. The van der Waals surface area contributed by atoms with Gasteiger partial charge in [-0.25, -0.2) is 0 Å². The molecule has 0 aliphatic rings. The zero-order valence-corrected chi connectivity index (χ0v) is 13.2. The summed E-state index contributed by atoms with van der Waals surface area (Å²) in [6, 6.07) is 11.2. The molecule has 0 N–H and O–H groups in total. The number of nitrogens with zero attached hydrogens (tertiary/aromatic N) is 1. The van der Waals surface area contributed by atoms with Crippen molar-refractivity contribution in [2.45, 2.75) is 13.5 Å². The molecule has 5 nitrogen and oxygen atoms in total. The number of aryl methyl sites for hydroxylation is 1. The zero-order chi connectivity index (χ0) is 15.9. The van der Waals surface area contributed by atoms with Crippen LogP contribution in [0.1, 0.15) is 21.9 Å². The van der Waals surface area contributed by atoms with Crippen molar-refractivity contribution in [1.82, 2.24) is 4.90 Å². The lowest BCUT2D eigenvalue weighted by Crippen LogP contribution is -2.30. The van der Waals surface area contributed by atoms with E-state index in [-0.39, 0.29) is 5.91 Å². The highest BCUT2D eigenvalue weighted by molar-refractivity contribution is 5.91. The molecule has 0 radical (unpaired) electrons. The highest BCUT2D eigenvalue weighted by Crippen LogP contribution is 2.16. The molecule has 2 rings (SSSR count). The van der Waals surface area contributed by atoms with Crippen LogP contribution in [0.25, 0.3) is 0 Å². The Morgan fingerprint density at radius 2 is 2.00 bits per heavy atom. The van der Waals surface area contributed by atoms with Crippen LogP contribution >= 0.6 is 0 Å². The number of hydrogen-bond acceptors (Lipinski definition) is 4. The number of benzene rings is 1. The summed E-state index contributed by atoms with van der Waals surface area (Å²) >= 11 is 0. The molecule has 118 valence electrons. The number of hydrogen-bond donors (Lipinski definition) is 0. The molecular formula is C17H21NO4. The third kappa shape index (κ3) is 4.11. The molecule has 0 bridgehead atoms. The summed E-state index contributed by atoms with van der Waals surface area (Å²) in [6.45, 7) is 3.25. The molecule has 22 heavy (non-hydrogen) atoms. The van der Waals surface area contributed by atoms with Gasteiger partial charge < -0.3 is 18.8 Å². The van der Waals surface area contributed by atoms with Crippen LogP contribution in [0, 0.1) is 6.92 Å². The van der Waals surface area contributed by atoms with Crippen molar-refractivity contribution < 1.29 is 18.7 Å².